The summed E-state index contributed by atoms with van der Waals surface area (Å²) < 4.78 is 24.4. The zero-order valence-corrected chi connectivity index (χ0v) is 23.1. The number of hydrogen-bond acceptors (Lipinski definition) is 6. The van der Waals surface area contributed by atoms with Gasteiger partial charge in [0.15, 0.2) is 31.2 Å². The average Bonchev–Trinajstić information content (AvgIpc) is 2.39. The Kier molecular flexibility index (Phi) is 11.9. The van der Waals surface area contributed by atoms with Crippen LogP contribution in [0, 0.1) is 0 Å². The van der Waals surface area contributed by atoms with Crippen molar-refractivity contribution in [1.29, 1.82) is 0 Å². The molecule has 0 aromatic carbocycles. The van der Waals surface area contributed by atoms with E-state index in [1.807, 2.05) is 0 Å². The number of aliphatic carboxylic acids is 1. The van der Waals surface area contributed by atoms with E-state index in [0.717, 1.165) is 6.08 Å². The third kappa shape index (κ3) is 17.3. The first-order valence-electron chi connectivity index (χ1n) is 9.00. The van der Waals surface area contributed by atoms with Crippen LogP contribution in [-0.2, 0) is 26.7 Å². The predicted octanol–water partition coefficient (Wildman–Crippen LogP) is 4.40. The molecule has 0 amide bonds. The standard InChI is InChI=1S/C13H32O5Si4.C4H6O2/c1-11-13(14)15-12-22(16-19(2,3)4,17-20(5,6)7)18-21(8,9)10;1-3(2)4(5)6/h11H,1,12H2,2-10H3;1H2,2H3,(H,5,6). The summed E-state index contributed by atoms with van der Waals surface area (Å²) in [5.41, 5.74) is 0.176. The summed E-state index contributed by atoms with van der Waals surface area (Å²) in [6.07, 6.45) is 1.20. The van der Waals surface area contributed by atoms with Gasteiger partial charge in [0.2, 0.25) is 0 Å². The second-order valence-electron chi connectivity index (χ2n) is 9.22. The molecule has 0 unspecified atom stereocenters. The average molecular weight is 467 g/mol. The van der Waals surface area contributed by atoms with Gasteiger partial charge in [-0.3, -0.25) is 0 Å². The van der Waals surface area contributed by atoms with Crippen LogP contribution in [0.3, 0.4) is 0 Å². The number of carbonyl (C=O) groups is 2. The van der Waals surface area contributed by atoms with Crippen LogP contribution in [0.4, 0.5) is 0 Å². The van der Waals surface area contributed by atoms with E-state index >= 15 is 0 Å². The minimum absolute atomic E-state index is 0.0522. The first-order valence-corrected chi connectivity index (χ1v) is 21.2. The third-order valence-corrected chi connectivity index (χ3v) is 13.9. The van der Waals surface area contributed by atoms with Gasteiger partial charge < -0.3 is 22.2 Å². The van der Waals surface area contributed by atoms with Gasteiger partial charge >= 0.3 is 20.7 Å². The van der Waals surface area contributed by atoms with Crippen molar-refractivity contribution in [2.24, 2.45) is 0 Å². The minimum atomic E-state index is -3.09. The topological polar surface area (TPSA) is 91.3 Å². The van der Waals surface area contributed by atoms with Crippen molar-refractivity contribution in [2.45, 2.75) is 65.8 Å². The summed E-state index contributed by atoms with van der Waals surface area (Å²) in [5.74, 6) is -1.41. The molecule has 0 aromatic rings. The molecule has 0 heterocycles. The highest BCUT2D eigenvalue weighted by molar-refractivity contribution is 6.90. The van der Waals surface area contributed by atoms with Crippen LogP contribution in [0.25, 0.3) is 0 Å². The Morgan fingerprint density at radius 1 is 0.857 bits per heavy atom. The van der Waals surface area contributed by atoms with Crippen molar-refractivity contribution in [2.75, 3.05) is 6.23 Å². The fraction of sp³-hybridized carbons (Fsp3) is 0.647. The number of esters is 1. The molecular formula is C17H38O7Si4. The normalized spacial score (nSPS) is 12.5. The number of hydrogen-bond donors (Lipinski definition) is 1. The van der Waals surface area contributed by atoms with Gasteiger partial charge in [-0.2, -0.15) is 0 Å². The Labute approximate surface area is 174 Å². The molecule has 0 aliphatic rings. The molecule has 28 heavy (non-hydrogen) atoms. The lowest BCUT2D eigenvalue weighted by Gasteiger charge is -2.42. The summed E-state index contributed by atoms with van der Waals surface area (Å²) in [6.45, 7) is 26.8. The molecule has 7 nitrogen and oxygen atoms in total. The molecule has 164 valence electrons. The maximum Gasteiger partial charge on any atom is 0.509 e. The maximum atomic E-state index is 11.5. The maximum absolute atomic E-state index is 11.5. The molecule has 0 atom stereocenters. The molecule has 0 rings (SSSR count). The zero-order valence-electron chi connectivity index (χ0n) is 19.1. The van der Waals surface area contributed by atoms with Gasteiger partial charge in [0.25, 0.3) is 0 Å². The van der Waals surface area contributed by atoms with Crippen LogP contribution in [-0.4, -0.2) is 57.0 Å². The van der Waals surface area contributed by atoms with Crippen LogP contribution in [0.5, 0.6) is 0 Å². The molecule has 0 radical (unpaired) electrons. The number of carboxylic acid groups (broad SMARTS) is 1. The number of rotatable bonds is 10. The molecule has 0 fully saturated rings. The Balaban J connectivity index is 0. The van der Waals surface area contributed by atoms with E-state index in [0.29, 0.717) is 0 Å². The summed E-state index contributed by atoms with van der Waals surface area (Å²) in [6, 6.07) is 0. The van der Waals surface area contributed by atoms with Gasteiger partial charge in [-0.15, -0.1) is 0 Å². The third-order valence-electron chi connectivity index (χ3n) is 2.31. The molecule has 1 N–H and O–H groups in total. The van der Waals surface area contributed by atoms with Crippen LogP contribution in [0.1, 0.15) is 6.92 Å². The van der Waals surface area contributed by atoms with Gasteiger partial charge in [-0.25, -0.2) is 9.59 Å². The number of ether oxygens (including phenoxy) is 1. The fourth-order valence-electron chi connectivity index (χ4n) is 1.77. The fourth-order valence-corrected chi connectivity index (χ4v) is 15.6. The highest BCUT2D eigenvalue weighted by Crippen LogP contribution is 2.26. The second kappa shape index (κ2) is 11.4. The van der Waals surface area contributed by atoms with E-state index in [4.69, 9.17) is 22.2 Å². The van der Waals surface area contributed by atoms with E-state index in [9.17, 15) is 9.59 Å². The van der Waals surface area contributed by atoms with Crippen molar-refractivity contribution in [3.63, 3.8) is 0 Å². The van der Waals surface area contributed by atoms with Gasteiger partial charge in [-0.05, 0) is 65.8 Å². The van der Waals surface area contributed by atoms with Gasteiger partial charge in [-0.1, -0.05) is 13.2 Å². The zero-order chi connectivity index (χ0) is 23.0. The van der Waals surface area contributed by atoms with Crippen molar-refractivity contribution in [1.82, 2.24) is 0 Å². The summed E-state index contributed by atoms with van der Waals surface area (Å²) >= 11 is 0. The highest BCUT2D eigenvalue weighted by Gasteiger charge is 2.51. The molecule has 0 aliphatic heterocycles. The van der Waals surface area contributed by atoms with E-state index in [2.05, 4.69) is 72.1 Å². The lowest BCUT2D eigenvalue weighted by molar-refractivity contribution is -0.137. The summed E-state index contributed by atoms with van der Waals surface area (Å²) in [5, 5.41) is 7.89. The molecule has 0 saturated carbocycles. The minimum Gasteiger partial charge on any atom is -0.478 e. The van der Waals surface area contributed by atoms with Crippen LogP contribution in [0.2, 0.25) is 58.9 Å². The molecular weight excluding hydrogens is 429 g/mol. The van der Waals surface area contributed by atoms with Crippen molar-refractivity contribution in [3.05, 3.63) is 24.8 Å². The molecule has 0 bridgehead atoms. The van der Waals surface area contributed by atoms with Crippen LogP contribution < -0.4 is 0 Å². The van der Waals surface area contributed by atoms with Crippen molar-refractivity contribution in [3.8, 4) is 0 Å². The largest absolute Gasteiger partial charge is 0.509 e. The Hall–Kier alpha value is -0.832. The Bertz CT molecular complexity index is 505. The van der Waals surface area contributed by atoms with E-state index in [1.165, 1.54) is 6.92 Å². The number of carbonyl (C=O) groups excluding carboxylic acids is 1. The van der Waals surface area contributed by atoms with Crippen LogP contribution in [0.15, 0.2) is 24.8 Å². The van der Waals surface area contributed by atoms with E-state index < -0.39 is 45.7 Å². The van der Waals surface area contributed by atoms with Gasteiger partial charge in [0.1, 0.15) is 0 Å². The van der Waals surface area contributed by atoms with Gasteiger partial charge in [0.05, 0.1) is 0 Å². The Morgan fingerprint density at radius 3 is 1.32 bits per heavy atom. The van der Waals surface area contributed by atoms with E-state index in [1.54, 1.807) is 0 Å². The SMILES string of the molecule is C=C(C)C(=O)O.C=CC(=O)OC[Si](O[Si](C)(C)C)(O[Si](C)(C)C)O[Si](C)(C)C. The molecule has 0 aliphatic carbocycles. The monoisotopic (exact) mass is 466 g/mol. The van der Waals surface area contributed by atoms with Gasteiger partial charge in [0, 0.05) is 11.6 Å². The number of carboxylic acids is 1. The van der Waals surface area contributed by atoms with Crippen molar-refractivity contribution >= 4 is 45.7 Å². The highest BCUT2D eigenvalue weighted by atomic mass is 28.5. The molecule has 0 spiro atoms. The second-order valence-corrected chi connectivity index (χ2v) is 26.0. The predicted molar refractivity (Wildman–Crippen MR) is 123 cm³/mol. The molecule has 11 heteroatoms. The lowest BCUT2D eigenvalue weighted by atomic mass is 10.4. The quantitative estimate of drug-likeness (QED) is 0.290. The van der Waals surface area contributed by atoms with Crippen LogP contribution >= 0.6 is 0 Å². The smallest absolute Gasteiger partial charge is 0.478 e. The molecule has 0 aromatic heterocycles. The van der Waals surface area contributed by atoms with Crippen molar-refractivity contribution < 1.29 is 31.8 Å². The first kappa shape index (κ1) is 29.4. The molecule has 0 saturated heterocycles. The lowest BCUT2D eigenvalue weighted by Crippen LogP contribution is -2.63. The van der Waals surface area contributed by atoms with E-state index in [-0.39, 0.29) is 11.8 Å². The summed E-state index contributed by atoms with van der Waals surface area (Å²) in [7, 11) is -8.89. The first-order chi connectivity index (χ1) is 12.2. The summed E-state index contributed by atoms with van der Waals surface area (Å²) in [4.78, 5) is 21.1. The Morgan fingerprint density at radius 2 is 1.14 bits per heavy atom.